The second-order valence-corrected chi connectivity index (χ2v) is 7.37. The van der Waals surface area contributed by atoms with E-state index in [0.29, 0.717) is 36.3 Å². The molecule has 1 aromatic heterocycles. The first-order valence-electron chi connectivity index (χ1n) is 9.52. The standard InChI is InChI=1S/C22H24ClN3O3/c1-16(2)26(21(27)15-28-14-17-7-4-3-5-8-17)12-11-20-24-22(25-29-20)18-9-6-10-19(23)13-18/h3-10,13,16H,11-12,14-15H2,1-2H3. The second-order valence-electron chi connectivity index (χ2n) is 6.93. The SMILES string of the molecule is CC(C)N(CCc1nc(-c2cccc(Cl)c2)no1)C(=O)COCc1ccccc1. The number of hydrogen-bond acceptors (Lipinski definition) is 5. The molecule has 0 aliphatic heterocycles. The Kier molecular flexibility index (Phi) is 7.38. The van der Waals surface area contributed by atoms with Crippen LogP contribution in [0, 0.1) is 0 Å². The van der Waals surface area contributed by atoms with E-state index in [-0.39, 0.29) is 18.6 Å². The highest BCUT2D eigenvalue weighted by Gasteiger charge is 2.19. The van der Waals surface area contributed by atoms with Gasteiger partial charge in [0.05, 0.1) is 6.61 Å². The lowest BCUT2D eigenvalue weighted by Gasteiger charge is -2.26. The van der Waals surface area contributed by atoms with Crippen molar-refractivity contribution < 1.29 is 14.1 Å². The van der Waals surface area contributed by atoms with Crippen LogP contribution in [-0.4, -0.2) is 40.1 Å². The van der Waals surface area contributed by atoms with Gasteiger partial charge in [-0.1, -0.05) is 59.2 Å². The van der Waals surface area contributed by atoms with Gasteiger partial charge in [-0.2, -0.15) is 4.98 Å². The number of ether oxygens (including phenoxy) is 1. The minimum atomic E-state index is -0.0643. The van der Waals surface area contributed by atoms with E-state index >= 15 is 0 Å². The van der Waals surface area contributed by atoms with Crippen LogP contribution in [0.2, 0.25) is 5.02 Å². The van der Waals surface area contributed by atoms with Gasteiger partial charge in [0.2, 0.25) is 17.6 Å². The zero-order valence-corrected chi connectivity index (χ0v) is 17.3. The molecular weight excluding hydrogens is 390 g/mol. The summed E-state index contributed by atoms with van der Waals surface area (Å²) in [4.78, 5) is 18.7. The number of amides is 1. The van der Waals surface area contributed by atoms with E-state index in [4.69, 9.17) is 20.9 Å². The summed E-state index contributed by atoms with van der Waals surface area (Å²) in [5.74, 6) is 0.894. The van der Waals surface area contributed by atoms with Gasteiger partial charge in [-0.25, -0.2) is 0 Å². The summed E-state index contributed by atoms with van der Waals surface area (Å²) in [7, 11) is 0. The maximum Gasteiger partial charge on any atom is 0.248 e. The van der Waals surface area contributed by atoms with Crippen molar-refractivity contribution in [3.63, 3.8) is 0 Å². The van der Waals surface area contributed by atoms with Gasteiger partial charge < -0.3 is 14.2 Å². The maximum absolute atomic E-state index is 12.6. The summed E-state index contributed by atoms with van der Waals surface area (Å²) in [5, 5.41) is 4.62. The predicted octanol–water partition coefficient (Wildman–Crippen LogP) is 4.39. The number of carbonyl (C=O) groups is 1. The molecule has 0 N–H and O–H groups in total. The number of benzene rings is 2. The van der Waals surface area contributed by atoms with E-state index in [1.807, 2.05) is 56.3 Å². The molecule has 0 bridgehead atoms. The predicted molar refractivity (Wildman–Crippen MR) is 111 cm³/mol. The molecule has 6 nitrogen and oxygen atoms in total. The maximum atomic E-state index is 12.6. The fourth-order valence-corrected chi connectivity index (χ4v) is 3.09. The lowest BCUT2D eigenvalue weighted by Crippen LogP contribution is -2.40. The molecule has 1 amide bonds. The van der Waals surface area contributed by atoms with E-state index in [9.17, 15) is 4.79 Å². The van der Waals surface area contributed by atoms with Gasteiger partial charge in [-0.3, -0.25) is 4.79 Å². The van der Waals surface area contributed by atoms with Crippen molar-refractivity contribution in [3.8, 4) is 11.4 Å². The summed E-state index contributed by atoms with van der Waals surface area (Å²) >= 11 is 6.01. The van der Waals surface area contributed by atoms with E-state index in [1.165, 1.54) is 0 Å². The quantitative estimate of drug-likeness (QED) is 0.520. The van der Waals surface area contributed by atoms with Crippen molar-refractivity contribution in [2.45, 2.75) is 32.9 Å². The van der Waals surface area contributed by atoms with Gasteiger partial charge in [0.1, 0.15) is 6.61 Å². The van der Waals surface area contributed by atoms with Crippen LogP contribution in [0.5, 0.6) is 0 Å². The Morgan fingerprint density at radius 1 is 1.17 bits per heavy atom. The molecule has 0 fully saturated rings. The van der Waals surface area contributed by atoms with Crippen molar-refractivity contribution in [3.05, 3.63) is 71.1 Å². The van der Waals surface area contributed by atoms with Crippen molar-refractivity contribution in [1.82, 2.24) is 15.0 Å². The summed E-state index contributed by atoms with van der Waals surface area (Å²) in [5.41, 5.74) is 1.83. The first-order valence-corrected chi connectivity index (χ1v) is 9.90. The highest BCUT2D eigenvalue weighted by Crippen LogP contribution is 2.20. The third kappa shape index (κ3) is 6.14. The smallest absolute Gasteiger partial charge is 0.248 e. The summed E-state index contributed by atoms with van der Waals surface area (Å²) < 4.78 is 10.9. The molecule has 1 heterocycles. The van der Waals surface area contributed by atoms with Crippen molar-refractivity contribution in [2.75, 3.05) is 13.2 Å². The average molecular weight is 414 g/mol. The largest absolute Gasteiger partial charge is 0.367 e. The van der Waals surface area contributed by atoms with Crippen LogP contribution in [0.25, 0.3) is 11.4 Å². The molecule has 0 aliphatic rings. The Morgan fingerprint density at radius 3 is 2.69 bits per heavy atom. The second kappa shape index (κ2) is 10.2. The normalized spacial score (nSPS) is 11.0. The monoisotopic (exact) mass is 413 g/mol. The van der Waals surface area contributed by atoms with Gasteiger partial charge in [-0.05, 0) is 31.5 Å². The highest BCUT2D eigenvalue weighted by atomic mass is 35.5. The molecule has 29 heavy (non-hydrogen) atoms. The molecule has 0 saturated heterocycles. The summed E-state index contributed by atoms with van der Waals surface area (Å²) in [6.45, 7) is 4.86. The molecular formula is C22H24ClN3O3. The van der Waals surface area contributed by atoms with Crippen LogP contribution >= 0.6 is 11.6 Å². The number of carbonyl (C=O) groups excluding carboxylic acids is 1. The fourth-order valence-electron chi connectivity index (χ4n) is 2.90. The molecule has 0 atom stereocenters. The van der Waals surface area contributed by atoms with Gasteiger partial charge in [0.15, 0.2) is 0 Å². The molecule has 3 rings (SSSR count). The minimum absolute atomic E-state index is 0.0324. The molecule has 0 saturated carbocycles. The fraction of sp³-hybridized carbons (Fsp3) is 0.318. The zero-order chi connectivity index (χ0) is 20.6. The van der Waals surface area contributed by atoms with Crippen LogP contribution in [0.4, 0.5) is 0 Å². The Labute approximate surface area is 175 Å². The lowest BCUT2D eigenvalue weighted by molar-refractivity contribution is -0.138. The minimum Gasteiger partial charge on any atom is -0.367 e. The first-order chi connectivity index (χ1) is 14.0. The summed E-state index contributed by atoms with van der Waals surface area (Å²) in [6, 6.07) is 17.1. The zero-order valence-electron chi connectivity index (χ0n) is 16.5. The van der Waals surface area contributed by atoms with Crippen molar-refractivity contribution in [1.29, 1.82) is 0 Å². The molecule has 152 valence electrons. The molecule has 3 aromatic rings. The lowest BCUT2D eigenvalue weighted by atomic mass is 10.2. The van der Waals surface area contributed by atoms with E-state index < -0.39 is 0 Å². The Bertz CT molecular complexity index is 928. The number of hydrogen-bond donors (Lipinski definition) is 0. The van der Waals surface area contributed by atoms with Crippen LogP contribution in [0.15, 0.2) is 59.1 Å². The molecule has 2 aromatic carbocycles. The van der Waals surface area contributed by atoms with Gasteiger partial charge in [0, 0.05) is 29.6 Å². The highest BCUT2D eigenvalue weighted by molar-refractivity contribution is 6.30. The Balaban J connectivity index is 1.53. The van der Waals surface area contributed by atoms with E-state index in [0.717, 1.165) is 11.1 Å². The van der Waals surface area contributed by atoms with Crippen LogP contribution < -0.4 is 0 Å². The van der Waals surface area contributed by atoms with Gasteiger partial charge in [0.25, 0.3) is 0 Å². The number of rotatable bonds is 9. The third-order valence-electron chi connectivity index (χ3n) is 4.40. The van der Waals surface area contributed by atoms with Crippen LogP contribution in [-0.2, 0) is 22.6 Å². The van der Waals surface area contributed by atoms with Gasteiger partial charge in [-0.15, -0.1) is 0 Å². The Morgan fingerprint density at radius 2 is 1.97 bits per heavy atom. The van der Waals surface area contributed by atoms with Crippen LogP contribution in [0.3, 0.4) is 0 Å². The molecule has 0 spiro atoms. The molecule has 7 heteroatoms. The average Bonchev–Trinajstić information content (AvgIpc) is 3.18. The molecule has 0 aliphatic carbocycles. The number of aromatic nitrogens is 2. The van der Waals surface area contributed by atoms with E-state index in [2.05, 4.69) is 10.1 Å². The third-order valence-corrected chi connectivity index (χ3v) is 4.63. The van der Waals surface area contributed by atoms with Crippen molar-refractivity contribution >= 4 is 17.5 Å². The number of halogens is 1. The van der Waals surface area contributed by atoms with Crippen molar-refractivity contribution in [2.24, 2.45) is 0 Å². The van der Waals surface area contributed by atoms with Gasteiger partial charge >= 0.3 is 0 Å². The summed E-state index contributed by atoms with van der Waals surface area (Å²) in [6.07, 6.45) is 0.468. The Hall–Kier alpha value is -2.70. The topological polar surface area (TPSA) is 68.5 Å². The molecule has 0 unspecified atom stereocenters. The first kappa shape index (κ1) is 21.0. The van der Waals surface area contributed by atoms with Crippen LogP contribution in [0.1, 0.15) is 25.3 Å². The van der Waals surface area contributed by atoms with E-state index in [1.54, 1.807) is 17.0 Å². The number of nitrogens with zero attached hydrogens (tertiary/aromatic N) is 3. The molecule has 0 radical (unpaired) electrons.